The number of nitrogens with one attached hydrogen (secondary N) is 1. The SMILES string of the molecule is CCOC(=O)C(CCc1ccccc1)NC1C(=O)N(CC(=O)O)c2ccccc2SC1c1ccccc1. The molecule has 3 aromatic rings. The molecule has 8 heteroatoms. The van der Waals surface area contributed by atoms with Gasteiger partial charge in [0.05, 0.1) is 17.5 Å². The number of hydrogen-bond donors (Lipinski definition) is 2. The van der Waals surface area contributed by atoms with Crippen LogP contribution in [0.3, 0.4) is 0 Å². The molecule has 2 N–H and O–H groups in total. The van der Waals surface area contributed by atoms with E-state index in [4.69, 9.17) is 4.74 Å². The molecule has 4 rings (SSSR count). The van der Waals surface area contributed by atoms with E-state index < -0.39 is 41.7 Å². The largest absolute Gasteiger partial charge is 0.480 e. The van der Waals surface area contributed by atoms with E-state index >= 15 is 0 Å². The van der Waals surface area contributed by atoms with Gasteiger partial charge in [0, 0.05) is 4.90 Å². The number of thioether (sulfide) groups is 1. The number of carboxylic acid groups (broad SMARTS) is 1. The topological polar surface area (TPSA) is 95.9 Å². The summed E-state index contributed by atoms with van der Waals surface area (Å²) >= 11 is 1.49. The highest BCUT2D eigenvalue weighted by Crippen LogP contribution is 2.45. The number of hydrogen-bond acceptors (Lipinski definition) is 6. The number of aliphatic carboxylic acids is 1. The zero-order valence-corrected chi connectivity index (χ0v) is 21.4. The number of carbonyl (C=O) groups is 3. The lowest BCUT2D eigenvalue weighted by atomic mass is 10.00. The molecule has 7 nitrogen and oxygen atoms in total. The van der Waals surface area contributed by atoms with Gasteiger partial charge in [-0.2, -0.15) is 0 Å². The van der Waals surface area contributed by atoms with Crippen LogP contribution in [0, 0.1) is 0 Å². The van der Waals surface area contributed by atoms with Gasteiger partial charge in [0.1, 0.15) is 18.6 Å². The molecular formula is C29H30N2O5S. The highest BCUT2D eigenvalue weighted by atomic mass is 32.2. The Kier molecular flexibility index (Phi) is 8.98. The molecule has 0 fully saturated rings. The number of fused-ring (bicyclic) bond motifs is 1. The molecule has 0 aromatic heterocycles. The van der Waals surface area contributed by atoms with Crippen molar-refractivity contribution in [2.75, 3.05) is 18.1 Å². The first-order valence-corrected chi connectivity index (χ1v) is 13.2. The fourth-order valence-corrected chi connectivity index (χ4v) is 5.80. The third-order valence-corrected chi connectivity index (χ3v) is 7.58. The van der Waals surface area contributed by atoms with Gasteiger partial charge in [0.2, 0.25) is 5.91 Å². The minimum Gasteiger partial charge on any atom is -0.480 e. The number of carbonyl (C=O) groups excluding carboxylic acids is 2. The van der Waals surface area contributed by atoms with Crippen molar-refractivity contribution >= 4 is 35.3 Å². The van der Waals surface area contributed by atoms with Crippen LogP contribution in [-0.4, -0.2) is 48.2 Å². The van der Waals surface area contributed by atoms with Gasteiger partial charge in [0.25, 0.3) is 0 Å². The van der Waals surface area contributed by atoms with Gasteiger partial charge >= 0.3 is 11.9 Å². The van der Waals surface area contributed by atoms with Gasteiger partial charge in [0.15, 0.2) is 0 Å². The summed E-state index contributed by atoms with van der Waals surface area (Å²) in [5.74, 6) is -1.95. The van der Waals surface area contributed by atoms with Crippen molar-refractivity contribution in [1.29, 1.82) is 0 Å². The normalized spacial score (nSPS) is 18.0. The molecule has 1 amide bonds. The first-order valence-electron chi connectivity index (χ1n) is 12.3. The minimum atomic E-state index is -1.11. The number of amides is 1. The Bertz CT molecular complexity index is 1220. The van der Waals surface area contributed by atoms with Crippen LogP contribution in [-0.2, 0) is 25.5 Å². The van der Waals surface area contributed by atoms with Crippen LogP contribution in [0.15, 0.2) is 89.8 Å². The first kappa shape index (κ1) is 26.4. The highest BCUT2D eigenvalue weighted by Gasteiger charge is 2.41. The van der Waals surface area contributed by atoms with Crippen LogP contribution in [0.2, 0.25) is 0 Å². The lowest BCUT2D eigenvalue weighted by molar-refractivity contribution is -0.146. The van der Waals surface area contributed by atoms with Crippen LogP contribution >= 0.6 is 11.8 Å². The van der Waals surface area contributed by atoms with Gasteiger partial charge in [-0.05, 0) is 43.0 Å². The minimum absolute atomic E-state index is 0.217. The second kappa shape index (κ2) is 12.6. The van der Waals surface area contributed by atoms with Crippen molar-refractivity contribution in [1.82, 2.24) is 5.32 Å². The molecule has 0 aliphatic carbocycles. The van der Waals surface area contributed by atoms with Gasteiger partial charge in [-0.3, -0.25) is 24.6 Å². The predicted octanol–water partition coefficient (Wildman–Crippen LogP) is 4.47. The molecule has 1 aliphatic heterocycles. The van der Waals surface area contributed by atoms with Crippen molar-refractivity contribution in [2.45, 2.75) is 42.0 Å². The third-order valence-electron chi connectivity index (χ3n) is 6.18. The summed E-state index contributed by atoms with van der Waals surface area (Å²) < 4.78 is 5.37. The summed E-state index contributed by atoms with van der Waals surface area (Å²) in [6, 6.07) is 25.1. The maximum absolute atomic E-state index is 14.1. The van der Waals surface area contributed by atoms with Gasteiger partial charge in [-0.25, -0.2) is 0 Å². The molecule has 0 spiro atoms. The van der Waals surface area contributed by atoms with E-state index in [1.807, 2.05) is 72.8 Å². The summed E-state index contributed by atoms with van der Waals surface area (Å²) in [5, 5.41) is 12.5. The number of esters is 1. The van der Waals surface area contributed by atoms with E-state index in [0.29, 0.717) is 18.5 Å². The lowest BCUT2D eigenvalue weighted by Gasteiger charge is -2.31. The van der Waals surface area contributed by atoms with E-state index in [-0.39, 0.29) is 6.61 Å². The quantitative estimate of drug-likeness (QED) is 0.382. The van der Waals surface area contributed by atoms with Crippen molar-refractivity contribution in [3.63, 3.8) is 0 Å². The second-order valence-corrected chi connectivity index (χ2v) is 9.89. The second-order valence-electron chi connectivity index (χ2n) is 8.71. The van der Waals surface area contributed by atoms with E-state index in [9.17, 15) is 19.5 Å². The summed E-state index contributed by atoms with van der Waals surface area (Å²) in [6.07, 6.45) is 1.03. The summed E-state index contributed by atoms with van der Waals surface area (Å²) in [7, 11) is 0. The predicted molar refractivity (Wildman–Crippen MR) is 144 cm³/mol. The zero-order chi connectivity index (χ0) is 26.2. The molecule has 1 heterocycles. The molecule has 0 saturated heterocycles. The molecule has 3 unspecified atom stereocenters. The van der Waals surface area contributed by atoms with Crippen LogP contribution < -0.4 is 10.2 Å². The zero-order valence-electron chi connectivity index (χ0n) is 20.6. The van der Waals surface area contributed by atoms with Gasteiger partial charge in [-0.15, -0.1) is 11.8 Å². The van der Waals surface area contributed by atoms with Crippen LogP contribution in [0.4, 0.5) is 5.69 Å². The van der Waals surface area contributed by atoms with Crippen molar-refractivity contribution in [3.05, 3.63) is 96.1 Å². The Balaban J connectivity index is 1.72. The number of rotatable bonds is 10. The number of carboxylic acids is 1. The number of benzene rings is 3. The molecule has 192 valence electrons. The van der Waals surface area contributed by atoms with Crippen LogP contribution in [0.1, 0.15) is 29.7 Å². The first-order chi connectivity index (χ1) is 18.0. The lowest BCUT2D eigenvalue weighted by Crippen LogP contribution is -2.54. The summed E-state index contributed by atoms with van der Waals surface area (Å²) in [4.78, 5) is 41.0. The summed E-state index contributed by atoms with van der Waals surface area (Å²) in [5.41, 5.74) is 2.51. The molecule has 3 atom stereocenters. The van der Waals surface area contributed by atoms with E-state index in [1.54, 1.807) is 19.1 Å². The molecular weight excluding hydrogens is 488 g/mol. The Morgan fingerprint density at radius 2 is 1.65 bits per heavy atom. The maximum atomic E-state index is 14.1. The van der Waals surface area contributed by atoms with Crippen molar-refractivity contribution in [3.8, 4) is 0 Å². The molecule has 0 radical (unpaired) electrons. The maximum Gasteiger partial charge on any atom is 0.323 e. The Morgan fingerprint density at radius 1 is 1.00 bits per heavy atom. The molecule has 1 aliphatic rings. The fraction of sp³-hybridized carbons (Fsp3) is 0.276. The van der Waals surface area contributed by atoms with Gasteiger partial charge < -0.3 is 9.84 Å². The van der Waals surface area contributed by atoms with Crippen molar-refractivity contribution in [2.24, 2.45) is 0 Å². The van der Waals surface area contributed by atoms with E-state index in [2.05, 4.69) is 5.32 Å². The molecule has 0 bridgehead atoms. The van der Waals surface area contributed by atoms with Crippen molar-refractivity contribution < 1.29 is 24.2 Å². The fourth-order valence-electron chi connectivity index (χ4n) is 4.45. The van der Waals surface area contributed by atoms with Crippen LogP contribution in [0.5, 0.6) is 0 Å². The highest BCUT2D eigenvalue weighted by molar-refractivity contribution is 7.99. The van der Waals surface area contributed by atoms with Gasteiger partial charge in [-0.1, -0.05) is 72.8 Å². The number of nitrogens with zero attached hydrogens (tertiary/aromatic N) is 1. The molecule has 37 heavy (non-hydrogen) atoms. The Morgan fingerprint density at radius 3 is 2.32 bits per heavy atom. The number of ether oxygens (including phenoxy) is 1. The average Bonchev–Trinajstić information content (AvgIpc) is 3.02. The number of aryl methyl sites for hydroxylation is 1. The monoisotopic (exact) mass is 518 g/mol. The molecule has 0 saturated carbocycles. The van der Waals surface area contributed by atoms with E-state index in [1.165, 1.54) is 16.7 Å². The smallest absolute Gasteiger partial charge is 0.323 e. The third kappa shape index (κ3) is 6.58. The number of anilines is 1. The van der Waals surface area contributed by atoms with Crippen LogP contribution in [0.25, 0.3) is 0 Å². The Hall–Kier alpha value is -3.62. The molecule has 3 aromatic carbocycles. The van der Waals surface area contributed by atoms with E-state index in [0.717, 1.165) is 16.0 Å². The Labute approximate surface area is 220 Å². The standard InChI is InChI=1S/C29H30N2O5S/c1-2-36-29(35)22(18-17-20-11-5-3-6-12-20)30-26-27(21-13-7-4-8-14-21)37-24-16-10-9-15-23(24)31(28(26)34)19-25(32)33/h3-16,22,26-27,30H,2,17-19H2,1H3,(H,32,33). The number of para-hydroxylation sites is 1. The average molecular weight is 519 g/mol. The summed E-state index contributed by atoms with van der Waals surface area (Å²) in [6.45, 7) is 1.48.